The van der Waals surface area contributed by atoms with Gasteiger partial charge in [0, 0.05) is 18.5 Å². The van der Waals surface area contributed by atoms with Gasteiger partial charge in [-0.15, -0.1) is 10.2 Å². The lowest BCUT2D eigenvalue weighted by molar-refractivity contribution is 0.0953. The number of amides is 1. The minimum Gasteiger partial charge on any atom is -0.494 e. The van der Waals surface area contributed by atoms with E-state index in [1.54, 1.807) is 24.3 Å². The first-order chi connectivity index (χ1) is 10.2. The van der Waals surface area contributed by atoms with E-state index in [0.29, 0.717) is 23.8 Å². The summed E-state index contributed by atoms with van der Waals surface area (Å²) < 4.78 is 5.34. The van der Waals surface area contributed by atoms with E-state index in [0.717, 1.165) is 23.6 Å². The Kier molecular flexibility index (Phi) is 5.51. The quantitative estimate of drug-likeness (QED) is 0.762. The Balaban J connectivity index is 1.73. The van der Waals surface area contributed by atoms with Crippen LogP contribution < -0.4 is 15.8 Å². The maximum absolute atomic E-state index is 11.9. The van der Waals surface area contributed by atoms with E-state index in [1.807, 2.05) is 6.92 Å². The highest BCUT2D eigenvalue weighted by atomic mass is 32.1. The van der Waals surface area contributed by atoms with Gasteiger partial charge in [0.25, 0.3) is 5.91 Å². The summed E-state index contributed by atoms with van der Waals surface area (Å²) in [6, 6.07) is 7.10. The van der Waals surface area contributed by atoms with E-state index in [9.17, 15) is 4.79 Å². The summed E-state index contributed by atoms with van der Waals surface area (Å²) in [5, 5.41) is 11.9. The smallest absolute Gasteiger partial charge is 0.251 e. The predicted molar refractivity (Wildman–Crippen MR) is 82.6 cm³/mol. The number of nitrogens with one attached hydrogen (secondary N) is 1. The molecule has 1 amide bonds. The van der Waals surface area contributed by atoms with Crippen LogP contribution in [-0.4, -0.2) is 29.3 Å². The van der Waals surface area contributed by atoms with Crippen molar-refractivity contribution in [1.29, 1.82) is 0 Å². The van der Waals surface area contributed by atoms with Gasteiger partial charge in [-0.05, 0) is 37.6 Å². The molecule has 2 rings (SSSR count). The lowest BCUT2D eigenvalue weighted by Gasteiger charge is -2.06. The second-order valence-corrected chi connectivity index (χ2v) is 5.44. The third-order valence-electron chi connectivity index (χ3n) is 2.76. The SMILES string of the molecule is CCOc1ccc(C(=O)NCCCc2nnc(N)s2)cc1. The fourth-order valence-electron chi connectivity index (χ4n) is 1.78. The van der Waals surface area contributed by atoms with Crippen LogP contribution in [0, 0.1) is 0 Å². The number of anilines is 1. The molecule has 0 aliphatic heterocycles. The van der Waals surface area contributed by atoms with Gasteiger partial charge in [0.15, 0.2) is 0 Å². The van der Waals surface area contributed by atoms with E-state index in [4.69, 9.17) is 10.5 Å². The molecule has 6 nitrogen and oxygen atoms in total. The van der Waals surface area contributed by atoms with Gasteiger partial charge in [0.2, 0.25) is 5.13 Å². The minimum absolute atomic E-state index is 0.0881. The highest BCUT2D eigenvalue weighted by Gasteiger charge is 2.06. The van der Waals surface area contributed by atoms with Crippen molar-refractivity contribution >= 4 is 22.4 Å². The normalized spacial score (nSPS) is 10.3. The van der Waals surface area contributed by atoms with Gasteiger partial charge in [-0.1, -0.05) is 11.3 Å². The lowest BCUT2D eigenvalue weighted by atomic mass is 10.2. The molecule has 112 valence electrons. The van der Waals surface area contributed by atoms with Crippen LogP contribution in [0.1, 0.15) is 28.7 Å². The first kappa shape index (κ1) is 15.2. The fraction of sp³-hybridized carbons (Fsp3) is 0.357. The van der Waals surface area contributed by atoms with E-state index in [1.165, 1.54) is 11.3 Å². The molecular formula is C14H18N4O2S. The Hall–Kier alpha value is -2.15. The minimum atomic E-state index is -0.0881. The second kappa shape index (κ2) is 7.58. The van der Waals surface area contributed by atoms with Crippen LogP contribution in [0.3, 0.4) is 0 Å². The molecule has 3 N–H and O–H groups in total. The molecule has 0 saturated heterocycles. The van der Waals surface area contributed by atoms with Crippen molar-refractivity contribution < 1.29 is 9.53 Å². The summed E-state index contributed by atoms with van der Waals surface area (Å²) >= 11 is 1.38. The number of rotatable bonds is 7. The van der Waals surface area contributed by atoms with Crippen molar-refractivity contribution in [3.8, 4) is 5.75 Å². The summed E-state index contributed by atoms with van der Waals surface area (Å²) in [4.78, 5) is 11.9. The maximum Gasteiger partial charge on any atom is 0.251 e. The standard InChI is InChI=1S/C14H18N4O2S/c1-2-20-11-7-5-10(6-8-11)13(19)16-9-3-4-12-17-18-14(15)21-12/h5-8H,2-4,9H2,1H3,(H2,15,18)(H,16,19). The number of aryl methyl sites for hydroxylation is 1. The van der Waals surface area contributed by atoms with E-state index in [2.05, 4.69) is 15.5 Å². The van der Waals surface area contributed by atoms with Crippen LogP contribution in [0.15, 0.2) is 24.3 Å². The molecule has 1 aromatic carbocycles. The highest BCUT2D eigenvalue weighted by Crippen LogP contribution is 2.13. The molecule has 0 radical (unpaired) electrons. The Morgan fingerprint density at radius 3 is 2.71 bits per heavy atom. The summed E-state index contributed by atoms with van der Waals surface area (Å²) in [6.45, 7) is 3.12. The third kappa shape index (κ3) is 4.71. The van der Waals surface area contributed by atoms with Gasteiger partial charge < -0.3 is 15.8 Å². The van der Waals surface area contributed by atoms with E-state index < -0.39 is 0 Å². The molecule has 0 atom stereocenters. The zero-order valence-corrected chi connectivity index (χ0v) is 12.7. The first-order valence-electron chi connectivity index (χ1n) is 6.78. The Morgan fingerprint density at radius 2 is 2.10 bits per heavy atom. The number of hydrogen-bond donors (Lipinski definition) is 2. The third-order valence-corrected chi connectivity index (χ3v) is 3.58. The maximum atomic E-state index is 11.9. The highest BCUT2D eigenvalue weighted by molar-refractivity contribution is 7.15. The molecule has 0 bridgehead atoms. The summed E-state index contributed by atoms with van der Waals surface area (Å²) in [5.74, 6) is 0.678. The summed E-state index contributed by atoms with van der Waals surface area (Å²) in [6.07, 6.45) is 1.57. The molecule has 21 heavy (non-hydrogen) atoms. The number of hydrogen-bond acceptors (Lipinski definition) is 6. The average molecular weight is 306 g/mol. The van der Waals surface area contributed by atoms with Crippen LogP contribution >= 0.6 is 11.3 Å². The molecule has 0 fully saturated rings. The molecule has 7 heteroatoms. The molecule has 1 aromatic heterocycles. The van der Waals surface area contributed by atoms with Crippen molar-refractivity contribution in [3.63, 3.8) is 0 Å². The number of nitrogens with two attached hydrogens (primary N) is 1. The van der Waals surface area contributed by atoms with Gasteiger partial charge in [0.1, 0.15) is 10.8 Å². The number of aromatic nitrogens is 2. The monoisotopic (exact) mass is 306 g/mol. The zero-order valence-electron chi connectivity index (χ0n) is 11.8. The van der Waals surface area contributed by atoms with Crippen LogP contribution in [0.4, 0.5) is 5.13 Å². The van der Waals surface area contributed by atoms with E-state index >= 15 is 0 Å². The Labute approximate surface area is 127 Å². The molecule has 1 heterocycles. The van der Waals surface area contributed by atoms with Gasteiger partial charge in [0.05, 0.1) is 6.61 Å². The largest absolute Gasteiger partial charge is 0.494 e. The van der Waals surface area contributed by atoms with Crippen molar-refractivity contribution in [2.24, 2.45) is 0 Å². The number of carbonyl (C=O) groups excluding carboxylic acids is 1. The molecule has 0 saturated carbocycles. The summed E-state index contributed by atoms with van der Waals surface area (Å²) in [5.41, 5.74) is 6.13. The average Bonchev–Trinajstić information content (AvgIpc) is 2.90. The number of benzene rings is 1. The fourth-order valence-corrected chi connectivity index (χ4v) is 2.43. The molecule has 0 aliphatic carbocycles. The lowest BCUT2D eigenvalue weighted by Crippen LogP contribution is -2.24. The first-order valence-corrected chi connectivity index (χ1v) is 7.59. The topological polar surface area (TPSA) is 90.1 Å². The molecule has 2 aromatic rings. The van der Waals surface area contributed by atoms with Gasteiger partial charge in [-0.2, -0.15) is 0 Å². The van der Waals surface area contributed by atoms with Crippen LogP contribution in [0.2, 0.25) is 0 Å². The van der Waals surface area contributed by atoms with Crippen LogP contribution in [-0.2, 0) is 6.42 Å². The Bertz CT molecular complexity index is 583. The van der Waals surface area contributed by atoms with E-state index in [-0.39, 0.29) is 5.91 Å². The molecule has 0 spiro atoms. The Morgan fingerprint density at radius 1 is 1.33 bits per heavy atom. The second-order valence-electron chi connectivity index (χ2n) is 4.35. The van der Waals surface area contributed by atoms with Crippen LogP contribution in [0.5, 0.6) is 5.75 Å². The zero-order chi connectivity index (χ0) is 15.1. The van der Waals surface area contributed by atoms with Crippen LogP contribution in [0.25, 0.3) is 0 Å². The van der Waals surface area contributed by atoms with Gasteiger partial charge >= 0.3 is 0 Å². The van der Waals surface area contributed by atoms with Gasteiger partial charge in [-0.3, -0.25) is 4.79 Å². The van der Waals surface area contributed by atoms with Crippen molar-refractivity contribution in [2.75, 3.05) is 18.9 Å². The van der Waals surface area contributed by atoms with Crippen molar-refractivity contribution in [1.82, 2.24) is 15.5 Å². The molecular weight excluding hydrogens is 288 g/mol. The molecule has 0 unspecified atom stereocenters. The number of carbonyl (C=O) groups is 1. The van der Waals surface area contributed by atoms with Crippen molar-refractivity contribution in [2.45, 2.75) is 19.8 Å². The summed E-state index contributed by atoms with van der Waals surface area (Å²) in [7, 11) is 0. The number of nitrogen functional groups attached to an aromatic ring is 1. The number of ether oxygens (including phenoxy) is 1. The predicted octanol–water partition coefficient (Wildman–Crippen LogP) is 1.88. The molecule has 0 aliphatic rings. The number of nitrogens with zero attached hydrogens (tertiary/aromatic N) is 2. The van der Waals surface area contributed by atoms with Crippen molar-refractivity contribution in [3.05, 3.63) is 34.8 Å². The van der Waals surface area contributed by atoms with Gasteiger partial charge in [-0.25, -0.2) is 0 Å².